The third kappa shape index (κ3) is 5.06. The molecule has 1 N–H and O–H groups in total. The molecule has 2 fully saturated rings. The van der Waals surface area contributed by atoms with Gasteiger partial charge in [0.15, 0.2) is 5.58 Å². The number of carboxylic acid groups (broad SMARTS) is 1. The minimum Gasteiger partial charge on any atom is -0.481 e. The van der Waals surface area contributed by atoms with Crippen molar-refractivity contribution in [1.29, 1.82) is 0 Å². The molecule has 39 heavy (non-hydrogen) atoms. The van der Waals surface area contributed by atoms with Crippen LogP contribution in [-0.4, -0.2) is 51.9 Å². The zero-order chi connectivity index (χ0) is 27.0. The molecule has 1 saturated carbocycles. The zero-order valence-corrected chi connectivity index (χ0v) is 21.6. The van der Waals surface area contributed by atoms with Crippen molar-refractivity contribution in [3.63, 3.8) is 0 Å². The summed E-state index contributed by atoms with van der Waals surface area (Å²) in [6.45, 7) is 0.893. The second-order valence-corrected chi connectivity index (χ2v) is 10.6. The molecule has 0 spiro atoms. The van der Waals surface area contributed by atoms with Gasteiger partial charge in [-0.3, -0.25) is 9.59 Å². The summed E-state index contributed by atoms with van der Waals surface area (Å²) in [7, 11) is 0. The van der Waals surface area contributed by atoms with Crippen LogP contribution in [-0.2, 0) is 20.7 Å². The molecule has 8 heteroatoms. The van der Waals surface area contributed by atoms with Gasteiger partial charge in [-0.25, -0.2) is 9.88 Å². The SMILES string of the molecule is O=C(O)C1CCC(OC(F)(C(=O)Cc2ccc3nc(-c4cccc5ccccc45)oc3c2)N2CCCC2)CC1. The van der Waals surface area contributed by atoms with Gasteiger partial charge in [0.2, 0.25) is 11.7 Å². The number of fused-ring (bicyclic) bond motifs is 2. The number of ketones is 1. The van der Waals surface area contributed by atoms with E-state index in [1.807, 2.05) is 42.5 Å². The number of carboxylic acids is 1. The number of halogens is 1. The third-order valence-corrected chi connectivity index (χ3v) is 8.04. The van der Waals surface area contributed by atoms with Gasteiger partial charge >= 0.3 is 11.9 Å². The number of ether oxygens (including phenoxy) is 1. The van der Waals surface area contributed by atoms with Gasteiger partial charge in [-0.2, -0.15) is 4.39 Å². The first kappa shape index (κ1) is 25.6. The van der Waals surface area contributed by atoms with Crippen LogP contribution in [0.1, 0.15) is 44.1 Å². The number of hydrogen-bond donors (Lipinski definition) is 1. The predicted octanol–water partition coefficient (Wildman–Crippen LogP) is 6.14. The summed E-state index contributed by atoms with van der Waals surface area (Å²) in [5.41, 5.74) is 2.69. The molecule has 1 saturated heterocycles. The number of carbonyl (C=O) groups is 2. The molecule has 4 aromatic rings. The van der Waals surface area contributed by atoms with E-state index in [1.54, 1.807) is 18.2 Å². The van der Waals surface area contributed by atoms with Crippen molar-refractivity contribution in [2.24, 2.45) is 5.92 Å². The van der Waals surface area contributed by atoms with Crippen LogP contribution >= 0.6 is 0 Å². The van der Waals surface area contributed by atoms with Crippen molar-refractivity contribution >= 4 is 33.6 Å². The number of rotatable bonds is 8. The Balaban J connectivity index is 1.23. The topological polar surface area (TPSA) is 92.9 Å². The summed E-state index contributed by atoms with van der Waals surface area (Å²) in [5, 5.41) is 11.4. The van der Waals surface area contributed by atoms with Crippen molar-refractivity contribution in [2.75, 3.05) is 13.1 Å². The average molecular weight is 531 g/mol. The van der Waals surface area contributed by atoms with Crippen LogP contribution in [0.3, 0.4) is 0 Å². The molecule has 7 nitrogen and oxygen atoms in total. The Kier molecular flexibility index (Phi) is 6.91. The highest BCUT2D eigenvalue weighted by Gasteiger charge is 2.48. The third-order valence-electron chi connectivity index (χ3n) is 8.04. The number of aliphatic carboxylic acids is 1. The Morgan fingerprint density at radius 3 is 2.54 bits per heavy atom. The van der Waals surface area contributed by atoms with Crippen molar-refractivity contribution in [3.05, 3.63) is 66.2 Å². The van der Waals surface area contributed by atoms with Crippen LogP contribution in [0.15, 0.2) is 65.1 Å². The molecule has 0 amide bonds. The summed E-state index contributed by atoms with van der Waals surface area (Å²) in [6.07, 6.45) is 2.64. The molecule has 6 rings (SSSR count). The van der Waals surface area contributed by atoms with Gasteiger partial charge in [-0.05, 0) is 73.1 Å². The minimum atomic E-state index is -2.54. The fourth-order valence-corrected chi connectivity index (χ4v) is 5.87. The number of Topliss-reactive ketones (excluding diaryl/α,β-unsaturated/α-hetero) is 1. The van der Waals surface area contributed by atoms with Crippen LogP contribution in [0.2, 0.25) is 0 Å². The molecule has 0 radical (unpaired) electrons. The quantitative estimate of drug-likeness (QED) is 0.274. The zero-order valence-electron chi connectivity index (χ0n) is 21.6. The van der Waals surface area contributed by atoms with E-state index in [9.17, 15) is 14.7 Å². The maximum Gasteiger partial charge on any atom is 0.330 e. The molecule has 2 heterocycles. The second kappa shape index (κ2) is 10.5. The summed E-state index contributed by atoms with van der Waals surface area (Å²) in [5.74, 6) is -3.97. The highest BCUT2D eigenvalue weighted by molar-refractivity contribution is 5.96. The molecule has 1 atom stereocenters. The minimum absolute atomic E-state index is 0.155. The van der Waals surface area contributed by atoms with Gasteiger partial charge in [0.05, 0.1) is 12.0 Å². The highest BCUT2D eigenvalue weighted by Crippen LogP contribution is 2.35. The average Bonchev–Trinajstić information content (AvgIpc) is 3.64. The summed E-state index contributed by atoms with van der Waals surface area (Å²) >= 11 is 0. The maximum absolute atomic E-state index is 16.5. The van der Waals surface area contributed by atoms with Crippen molar-refractivity contribution in [2.45, 2.75) is 57.0 Å². The van der Waals surface area contributed by atoms with Gasteiger partial charge < -0.3 is 14.3 Å². The van der Waals surface area contributed by atoms with Gasteiger partial charge in [0.1, 0.15) is 5.52 Å². The van der Waals surface area contributed by atoms with E-state index in [0.29, 0.717) is 61.3 Å². The molecule has 3 aromatic carbocycles. The van der Waals surface area contributed by atoms with E-state index in [1.165, 1.54) is 4.90 Å². The molecule has 1 aliphatic heterocycles. The van der Waals surface area contributed by atoms with E-state index >= 15 is 4.39 Å². The summed E-state index contributed by atoms with van der Waals surface area (Å²) in [4.78, 5) is 31.0. The molecular formula is C31H31FN2O5. The van der Waals surface area contributed by atoms with E-state index in [4.69, 9.17) is 9.15 Å². The van der Waals surface area contributed by atoms with Crippen LogP contribution < -0.4 is 0 Å². The van der Waals surface area contributed by atoms with E-state index in [0.717, 1.165) is 29.2 Å². The largest absolute Gasteiger partial charge is 0.481 e. The Morgan fingerprint density at radius 2 is 1.77 bits per heavy atom. The van der Waals surface area contributed by atoms with Gasteiger partial charge in [0, 0.05) is 25.1 Å². The Hall–Kier alpha value is -3.62. The number of oxazole rings is 1. The van der Waals surface area contributed by atoms with E-state index in [2.05, 4.69) is 4.98 Å². The van der Waals surface area contributed by atoms with Crippen molar-refractivity contribution < 1.29 is 28.2 Å². The number of hydrogen-bond acceptors (Lipinski definition) is 6. The molecule has 1 aromatic heterocycles. The molecule has 202 valence electrons. The number of alkyl halides is 1. The monoisotopic (exact) mass is 530 g/mol. The van der Waals surface area contributed by atoms with Crippen LogP contribution in [0.4, 0.5) is 4.39 Å². The Labute approximate surface area is 225 Å². The lowest BCUT2D eigenvalue weighted by molar-refractivity contribution is -0.252. The number of benzene rings is 3. The maximum atomic E-state index is 16.5. The number of aromatic nitrogens is 1. The van der Waals surface area contributed by atoms with Gasteiger partial charge in [0.25, 0.3) is 0 Å². The normalized spacial score (nSPS) is 21.8. The van der Waals surface area contributed by atoms with Crippen LogP contribution in [0, 0.1) is 5.92 Å². The van der Waals surface area contributed by atoms with Crippen molar-refractivity contribution in [1.82, 2.24) is 9.88 Å². The van der Waals surface area contributed by atoms with Gasteiger partial charge in [-0.1, -0.05) is 42.5 Å². The molecule has 1 unspecified atom stereocenters. The second-order valence-electron chi connectivity index (χ2n) is 10.6. The van der Waals surface area contributed by atoms with E-state index in [-0.39, 0.29) is 6.42 Å². The lowest BCUT2D eigenvalue weighted by Gasteiger charge is -2.37. The number of nitrogens with zero attached hydrogens (tertiary/aromatic N) is 2. The molecule has 0 bridgehead atoms. The summed E-state index contributed by atoms with van der Waals surface area (Å²) in [6, 6.07) is 19.3. The fourth-order valence-electron chi connectivity index (χ4n) is 5.87. The highest BCUT2D eigenvalue weighted by atomic mass is 19.2. The first-order valence-corrected chi connectivity index (χ1v) is 13.7. The predicted molar refractivity (Wildman–Crippen MR) is 145 cm³/mol. The van der Waals surface area contributed by atoms with Gasteiger partial charge in [-0.15, -0.1) is 0 Å². The first-order valence-electron chi connectivity index (χ1n) is 13.7. The number of carbonyl (C=O) groups excluding carboxylic acids is 1. The fraction of sp³-hybridized carbons (Fsp3) is 0.387. The van der Waals surface area contributed by atoms with E-state index < -0.39 is 29.8 Å². The standard InChI is InChI=1S/C31H31FN2O5/c32-31(34-16-3-4-17-34,39-23-13-11-22(12-14-23)30(36)37)28(35)19-20-10-15-26-27(18-20)38-29(33-26)25-9-5-7-21-6-1-2-8-24(21)25/h1-2,5-10,15,18,22-23H,3-4,11-14,16-17,19H2,(H,36,37). The lowest BCUT2D eigenvalue weighted by atomic mass is 9.87. The van der Waals surface area contributed by atoms with Crippen LogP contribution in [0.5, 0.6) is 0 Å². The van der Waals surface area contributed by atoms with Crippen molar-refractivity contribution in [3.8, 4) is 11.5 Å². The molecule has 1 aliphatic carbocycles. The molecular weight excluding hydrogens is 499 g/mol. The first-order chi connectivity index (χ1) is 18.9. The lowest BCUT2D eigenvalue weighted by Crippen LogP contribution is -2.54. The van der Waals surface area contributed by atoms with Crippen LogP contribution in [0.25, 0.3) is 33.3 Å². The smallest absolute Gasteiger partial charge is 0.330 e. The summed E-state index contributed by atoms with van der Waals surface area (Å²) < 4.78 is 28.5. The Bertz CT molecular complexity index is 1510. The molecule has 2 aliphatic rings. The number of likely N-dealkylation sites (tertiary alicyclic amines) is 1. The Morgan fingerprint density at radius 1 is 1.03 bits per heavy atom.